The first-order valence-electron chi connectivity index (χ1n) is 8.83. The maximum absolute atomic E-state index is 13.2. The summed E-state index contributed by atoms with van der Waals surface area (Å²) in [4.78, 5) is 15.5. The summed E-state index contributed by atoms with van der Waals surface area (Å²) in [6, 6.07) is 5.66. The standard InChI is InChI=1S/C19H21F3N2OS/c1-18(2)16(11-6-8-24(18)9-7-11)23-17(25)14-10-12-4-3-5-13(15(12)26-14)19(20,21)22/h3-5,10-11,16H,6-9H2,1-2H3,(H,23,25)/t16-/m0/s1. The van der Waals surface area contributed by atoms with Gasteiger partial charge in [0, 0.05) is 16.3 Å². The number of rotatable bonds is 2. The first kappa shape index (κ1) is 17.8. The fraction of sp³-hybridized carbons (Fsp3) is 0.526. The van der Waals surface area contributed by atoms with Crippen molar-refractivity contribution < 1.29 is 18.0 Å². The smallest absolute Gasteiger partial charge is 0.346 e. The van der Waals surface area contributed by atoms with Crippen LogP contribution in [-0.2, 0) is 6.18 Å². The average Bonchev–Trinajstić information content (AvgIpc) is 3.01. The van der Waals surface area contributed by atoms with Gasteiger partial charge in [0.05, 0.1) is 10.4 Å². The van der Waals surface area contributed by atoms with Gasteiger partial charge in [0.25, 0.3) is 5.91 Å². The number of nitrogens with one attached hydrogen (secondary N) is 1. The van der Waals surface area contributed by atoms with E-state index in [9.17, 15) is 18.0 Å². The molecule has 2 aromatic rings. The van der Waals surface area contributed by atoms with E-state index in [-0.39, 0.29) is 22.2 Å². The molecule has 0 unspecified atom stereocenters. The highest BCUT2D eigenvalue weighted by Crippen LogP contribution is 2.41. The van der Waals surface area contributed by atoms with E-state index in [1.165, 1.54) is 6.07 Å². The number of carbonyl (C=O) groups excluding carboxylic acids is 1. The first-order chi connectivity index (χ1) is 12.2. The second-order valence-corrected chi connectivity index (χ2v) is 8.81. The van der Waals surface area contributed by atoms with Gasteiger partial charge in [-0.3, -0.25) is 9.69 Å². The minimum Gasteiger partial charge on any atom is -0.346 e. The molecular formula is C19H21F3N2OS. The molecule has 0 saturated carbocycles. The molecule has 3 aliphatic rings. The van der Waals surface area contributed by atoms with Crippen LogP contribution in [0.1, 0.15) is 41.9 Å². The Labute approximate surface area is 154 Å². The number of hydrogen-bond acceptors (Lipinski definition) is 3. The van der Waals surface area contributed by atoms with Gasteiger partial charge in [0.15, 0.2) is 0 Å². The Hall–Kier alpha value is -1.60. The van der Waals surface area contributed by atoms with Crippen LogP contribution in [0.25, 0.3) is 10.1 Å². The van der Waals surface area contributed by atoms with Crippen LogP contribution in [0.3, 0.4) is 0 Å². The molecule has 140 valence electrons. The Bertz CT molecular complexity index is 850. The maximum atomic E-state index is 13.2. The van der Waals surface area contributed by atoms with Crippen LogP contribution in [-0.4, -0.2) is 35.5 Å². The van der Waals surface area contributed by atoms with Crippen LogP contribution < -0.4 is 5.32 Å². The molecule has 1 aromatic heterocycles. The van der Waals surface area contributed by atoms with E-state index in [4.69, 9.17) is 0 Å². The Kier molecular flexibility index (Phi) is 4.08. The summed E-state index contributed by atoms with van der Waals surface area (Å²) in [5, 5.41) is 3.59. The molecule has 0 radical (unpaired) electrons. The van der Waals surface area contributed by atoms with Crippen LogP contribution in [0.2, 0.25) is 0 Å². The molecule has 26 heavy (non-hydrogen) atoms. The number of carbonyl (C=O) groups is 1. The van der Waals surface area contributed by atoms with Gasteiger partial charge in [-0.25, -0.2) is 0 Å². The van der Waals surface area contributed by atoms with Gasteiger partial charge in [0.2, 0.25) is 0 Å². The fourth-order valence-electron chi connectivity index (χ4n) is 4.49. The Morgan fingerprint density at radius 2 is 1.96 bits per heavy atom. The molecular weight excluding hydrogens is 361 g/mol. The summed E-state index contributed by atoms with van der Waals surface area (Å²) in [7, 11) is 0. The highest BCUT2D eigenvalue weighted by atomic mass is 32.1. The van der Waals surface area contributed by atoms with Crippen LogP contribution in [0, 0.1) is 5.92 Å². The molecule has 3 fully saturated rings. The molecule has 1 N–H and O–H groups in total. The first-order valence-corrected chi connectivity index (χ1v) is 9.65. The van der Waals surface area contributed by atoms with Crippen LogP contribution in [0.15, 0.2) is 24.3 Å². The highest BCUT2D eigenvalue weighted by Gasteiger charge is 2.48. The SMILES string of the molecule is CC1(C)[C@@H](NC(=O)c2cc3cccc(C(F)(F)F)c3s2)C2CCN1CC2. The minimum atomic E-state index is -4.42. The molecule has 1 amide bonds. The summed E-state index contributed by atoms with van der Waals surface area (Å²) >= 11 is 0.922. The topological polar surface area (TPSA) is 32.3 Å². The summed E-state index contributed by atoms with van der Waals surface area (Å²) in [5.74, 6) is 0.158. The van der Waals surface area contributed by atoms with E-state index >= 15 is 0 Å². The molecule has 0 spiro atoms. The lowest BCUT2D eigenvalue weighted by Gasteiger charge is -2.56. The average molecular weight is 382 g/mol. The zero-order chi connectivity index (χ0) is 18.7. The van der Waals surface area contributed by atoms with E-state index in [0.717, 1.165) is 43.3 Å². The number of alkyl halides is 3. The van der Waals surface area contributed by atoms with Crippen molar-refractivity contribution in [3.05, 3.63) is 34.7 Å². The zero-order valence-corrected chi connectivity index (χ0v) is 15.5. The van der Waals surface area contributed by atoms with Crippen LogP contribution in [0.4, 0.5) is 13.2 Å². The number of benzene rings is 1. The van der Waals surface area contributed by atoms with E-state index in [1.54, 1.807) is 12.1 Å². The third-order valence-corrected chi connectivity index (χ3v) is 7.13. The highest BCUT2D eigenvalue weighted by molar-refractivity contribution is 7.21. The number of hydrogen-bond donors (Lipinski definition) is 1. The summed E-state index contributed by atoms with van der Waals surface area (Å²) in [6.45, 7) is 6.36. The molecule has 3 saturated heterocycles. The van der Waals surface area contributed by atoms with Gasteiger partial charge in [-0.2, -0.15) is 13.2 Å². The predicted octanol–water partition coefficient (Wildman–Crippen LogP) is 4.52. The van der Waals surface area contributed by atoms with Crippen molar-refractivity contribution in [2.24, 2.45) is 5.92 Å². The molecule has 2 bridgehead atoms. The van der Waals surface area contributed by atoms with Crippen LogP contribution >= 0.6 is 11.3 Å². The van der Waals surface area contributed by atoms with Crippen molar-refractivity contribution in [1.29, 1.82) is 0 Å². The quantitative estimate of drug-likeness (QED) is 0.828. The number of nitrogens with zero attached hydrogens (tertiary/aromatic N) is 1. The number of halogens is 3. The summed E-state index contributed by atoms with van der Waals surface area (Å²) in [5.41, 5.74) is -0.813. The number of amides is 1. The van der Waals surface area contributed by atoms with Crippen LogP contribution in [0.5, 0.6) is 0 Å². The Balaban J connectivity index is 1.63. The lowest BCUT2D eigenvalue weighted by molar-refractivity contribution is -0.136. The van der Waals surface area contributed by atoms with Crippen molar-refractivity contribution in [2.75, 3.05) is 13.1 Å². The zero-order valence-electron chi connectivity index (χ0n) is 14.7. The molecule has 1 atom stereocenters. The summed E-state index contributed by atoms with van der Waals surface area (Å²) in [6.07, 6.45) is -2.31. The van der Waals surface area contributed by atoms with E-state index < -0.39 is 11.7 Å². The summed E-state index contributed by atoms with van der Waals surface area (Å²) < 4.78 is 39.7. The van der Waals surface area contributed by atoms with Gasteiger partial charge in [-0.15, -0.1) is 11.3 Å². The van der Waals surface area contributed by atoms with Gasteiger partial charge < -0.3 is 5.32 Å². The largest absolute Gasteiger partial charge is 0.417 e. The fourth-order valence-corrected chi connectivity index (χ4v) is 5.58. The van der Waals surface area contributed by atoms with E-state index in [1.807, 2.05) is 0 Å². The molecule has 5 rings (SSSR count). The molecule has 4 heterocycles. The second-order valence-electron chi connectivity index (χ2n) is 7.76. The monoisotopic (exact) mass is 382 g/mol. The van der Waals surface area contributed by atoms with Gasteiger partial charge >= 0.3 is 6.18 Å². The normalized spacial score (nSPS) is 27.7. The van der Waals surface area contributed by atoms with Crippen molar-refractivity contribution in [1.82, 2.24) is 10.2 Å². The third kappa shape index (κ3) is 2.81. The molecule has 3 nitrogen and oxygen atoms in total. The van der Waals surface area contributed by atoms with Crippen molar-refractivity contribution in [3.63, 3.8) is 0 Å². The van der Waals surface area contributed by atoms with Crippen molar-refractivity contribution in [2.45, 2.75) is 44.4 Å². The lowest BCUT2D eigenvalue weighted by Crippen LogP contribution is -2.69. The molecule has 3 aliphatic heterocycles. The number of fused-ring (bicyclic) bond motifs is 4. The minimum absolute atomic E-state index is 0.0183. The Morgan fingerprint density at radius 1 is 1.27 bits per heavy atom. The lowest BCUT2D eigenvalue weighted by atomic mass is 9.72. The van der Waals surface area contributed by atoms with Crippen molar-refractivity contribution in [3.8, 4) is 0 Å². The second kappa shape index (κ2) is 5.96. The van der Waals surface area contributed by atoms with Gasteiger partial charge in [-0.1, -0.05) is 12.1 Å². The number of piperidine rings is 3. The van der Waals surface area contributed by atoms with E-state index in [2.05, 4.69) is 24.1 Å². The van der Waals surface area contributed by atoms with Gasteiger partial charge in [0.1, 0.15) is 0 Å². The van der Waals surface area contributed by atoms with E-state index in [0.29, 0.717) is 16.2 Å². The van der Waals surface area contributed by atoms with Crippen molar-refractivity contribution >= 4 is 27.3 Å². The third-order valence-electron chi connectivity index (χ3n) is 5.95. The van der Waals surface area contributed by atoms with Gasteiger partial charge in [-0.05, 0) is 63.2 Å². The molecule has 7 heteroatoms. The molecule has 1 aromatic carbocycles. The number of thiophene rings is 1. The molecule has 0 aliphatic carbocycles. The predicted molar refractivity (Wildman–Crippen MR) is 96.5 cm³/mol. The maximum Gasteiger partial charge on any atom is 0.417 e. The Morgan fingerprint density at radius 3 is 2.58 bits per heavy atom.